The summed E-state index contributed by atoms with van der Waals surface area (Å²) in [6.45, 7) is 0.898. The van der Waals surface area contributed by atoms with Crippen LogP contribution in [0.25, 0.3) is 0 Å². The number of tetrazole rings is 1. The van der Waals surface area contributed by atoms with Gasteiger partial charge in [0.2, 0.25) is 0 Å². The van der Waals surface area contributed by atoms with Crippen molar-refractivity contribution in [1.29, 1.82) is 0 Å². The number of benzene rings is 1. The average Bonchev–Trinajstić information content (AvgIpc) is 3.00. The number of anilines is 1. The van der Waals surface area contributed by atoms with Gasteiger partial charge in [-0.3, -0.25) is 9.59 Å². The van der Waals surface area contributed by atoms with Crippen molar-refractivity contribution in [2.24, 2.45) is 0 Å². The lowest BCUT2D eigenvalue weighted by atomic mass is 10.2. The third kappa shape index (κ3) is 4.02. The van der Waals surface area contributed by atoms with Crippen LogP contribution in [0, 0.1) is 17.5 Å². The van der Waals surface area contributed by atoms with Gasteiger partial charge in [-0.1, -0.05) is 0 Å². The van der Waals surface area contributed by atoms with Gasteiger partial charge in [0, 0.05) is 0 Å². The molecule has 1 amide bonds. The van der Waals surface area contributed by atoms with E-state index in [2.05, 4.69) is 15.5 Å². The summed E-state index contributed by atoms with van der Waals surface area (Å²) in [5, 5.41) is 12.0. The lowest BCUT2D eigenvalue weighted by molar-refractivity contribution is -0.153. The Morgan fingerprint density at radius 1 is 1.30 bits per heavy atom. The molecular weight excluding hydrogens is 319 g/mol. The fourth-order valence-corrected chi connectivity index (χ4v) is 1.53. The molecule has 122 valence electrons. The van der Waals surface area contributed by atoms with Crippen molar-refractivity contribution < 1.29 is 27.5 Å². The van der Waals surface area contributed by atoms with Gasteiger partial charge in [0.15, 0.2) is 23.6 Å². The molecule has 0 saturated carbocycles. The molecule has 0 aliphatic carbocycles. The minimum atomic E-state index is -1.72. The van der Waals surface area contributed by atoms with Crippen LogP contribution < -0.4 is 5.32 Å². The van der Waals surface area contributed by atoms with Crippen molar-refractivity contribution >= 4 is 17.6 Å². The first-order valence-corrected chi connectivity index (χ1v) is 6.23. The van der Waals surface area contributed by atoms with Crippen molar-refractivity contribution in [3.05, 3.63) is 35.9 Å². The van der Waals surface area contributed by atoms with Crippen molar-refractivity contribution in [2.75, 3.05) is 5.32 Å². The Kier molecular flexibility index (Phi) is 4.88. The van der Waals surface area contributed by atoms with E-state index < -0.39 is 41.1 Å². The van der Waals surface area contributed by atoms with Crippen LogP contribution in [0.3, 0.4) is 0 Å². The number of hydrogen-bond donors (Lipinski definition) is 1. The Bertz CT molecular complexity index is 723. The third-order valence-corrected chi connectivity index (χ3v) is 2.65. The fraction of sp³-hybridized carbons (Fsp3) is 0.250. The Balaban J connectivity index is 1.95. The molecule has 0 radical (unpaired) electrons. The van der Waals surface area contributed by atoms with Crippen LogP contribution in [-0.4, -0.2) is 38.2 Å². The maximum Gasteiger partial charge on any atom is 0.328 e. The number of carbonyl (C=O) groups is 2. The van der Waals surface area contributed by atoms with Gasteiger partial charge < -0.3 is 10.1 Å². The summed E-state index contributed by atoms with van der Waals surface area (Å²) in [4.78, 5) is 23.3. The molecule has 0 unspecified atom stereocenters. The van der Waals surface area contributed by atoms with E-state index in [1.54, 1.807) is 0 Å². The van der Waals surface area contributed by atoms with Gasteiger partial charge in [-0.25, -0.2) is 17.9 Å². The monoisotopic (exact) mass is 329 g/mol. The summed E-state index contributed by atoms with van der Waals surface area (Å²) in [7, 11) is 0. The average molecular weight is 329 g/mol. The molecule has 23 heavy (non-hydrogen) atoms. The van der Waals surface area contributed by atoms with E-state index in [1.807, 2.05) is 5.32 Å². The van der Waals surface area contributed by atoms with E-state index >= 15 is 0 Å². The fourth-order valence-electron chi connectivity index (χ4n) is 1.53. The third-order valence-electron chi connectivity index (χ3n) is 2.65. The molecule has 0 bridgehead atoms. The highest BCUT2D eigenvalue weighted by atomic mass is 19.2. The predicted octanol–water partition coefficient (Wildman–Crippen LogP) is 0.661. The van der Waals surface area contributed by atoms with Crippen LogP contribution in [0.5, 0.6) is 0 Å². The van der Waals surface area contributed by atoms with E-state index in [0.717, 1.165) is 10.7 Å². The first-order chi connectivity index (χ1) is 10.9. The summed E-state index contributed by atoms with van der Waals surface area (Å²) in [6, 6.07) is 1.50. The minimum Gasteiger partial charge on any atom is -0.451 e. The molecular formula is C12H10F3N5O3. The zero-order valence-corrected chi connectivity index (χ0v) is 11.7. The number of amides is 1. The molecule has 1 aromatic heterocycles. The molecule has 0 aliphatic heterocycles. The maximum atomic E-state index is 13.4. The Hall–Kier alpha value is -2.98. The second-order valence-corrected chi connectivity index (χ2v) is 4.35. The van der Waals surface area contributed by atoms with Gasteiger partial charge >= 0.3 is 5.97 Å². The van der Waals surface area contributed by atoms with Gasteiger partial charge in [-0.2, -0.15) is 0 Å². The molecule has 11 heteroatoms. The van der Waals surface area contributed by atoms with Gasteiger partial charge in [0.1, 0.15) is 12.9 Å². The highest BCUT2D eigenvalue weighted by Gasteiger charge is 2.21. The standard InChI is InChI=1S/C12H10F3N5O3/c1-6(23-9(21)4-20-5-16-18-19-20)12(22)17-8-3-2-7(13)10(14)11(8)15/h2-3,5-6H,4H2,1H3,(H,17,22)/t6-/m0/s1. The normalized spacial score (nSPS) is 11.8. The van der Waals surface area contributed by atoms with Crippen molar-refractivity contribution in [2.45, 2.75) is 19.6 Å². The number of nitrogens with one attached hydrogen (secondary N) is 1. The first-order valence-electron chi connectivity index (χ1n) is 6.23. The smallest absolute Gasteiger partial charge is 0.328 e. The van der Waals surface area contributed by atoms with Crippen LogP contribution in [0.15, 0.2) is 18.5 Å². The van der Waals surface area contributed by atoms with E-state index in [-0.39, 0.29) is 6.54 Å². The Morgan fingerprint density at radius 3 is 2.70 bits per heavy atom. The summed E-state index contributed by atoms with van der Waals surface area (Å²) in [5.41, 5.74) is -0.572. The summed E-state index contributed by atoms with van der Waals surface area (Å²) < 4.78 is 45.2. The lowest BCUT2D eigenvalue weighted by Gasteiger charge is -2.14. The van der Waals surface area contributed by atoms with Crippen molar-refractivity contribution in [3.63, 3.8) is 0 Å². The molecule has 1 atom stereocenters. The molecule has 1 heterocycles. The van der Waals surface area contributed by atoms with Gasteiger partial charge in [0.05, 0.1) is 5.69 Å². The highest BCUT2D eigenvalue weighted by molar-refractivity contribution is 5.95. The maximum absolute atomic E-state index is 13.4. The second-order valence-electron chi connectivity index (χ2n) is 4.35. The van der Waals surface area contributed by atoms with E-state index in [0.29, 0.717) is 6.07 Å². The summed E-state index contributed by atoms with van der Waals surface area (Å²) in [5.74, 6) is -6.39. The molecule has 2 aromatic rings. The van der Waals surface area contributed by atoms with E-state index in [9.17, 15) is 22.8 Å². The van der Waals surface area contributed by atoms with Crippen molar-refractivity contribution in [1.82, 2.24) is 20.2 Å². The number of halogens is 3. The Labute approximate surface area is 127 Å². The SMILES string of the molecule is C[C@H](OC(=O)Cn1cnnn1)C(=O)Nc1ccc(F)c(F)c1F. The molecule has 0 saturated heterocycles. The number of rotatable bonds is 5. The summed E-state index contributed by atoms with van der Waals surface area (Å²) >= 11 is 0. The van der Waals surface area contributed by atoms with Gasteiger partial charge in [-0.15, -0.1) is 5.10 Å². The lowest BCUT2D eigenvalue weighted by Crippen LogP contribution is -2.31. The van der Waals surface area contributed by atoms with Crippen LogP contribution >= 0.6 is 0 Å². The number of hydrogen-bond acceptors (Lipinski definition) is 6. The number of nitrogens with zero attached hydrogens (tertiary/aromatic N) is 4. The number of aromatic nitrogens is 4. The topological polar surface area (TPSA) is 99.0 Å². The zero-order chi connectivity index (χ0) is 17.0. The van der Waals surface area contributed by atoms with Gasteiger partial charge in [0.25, 0.3) is 5.91 Å². The second kappa shape index (κ2) is 6.85. The van der Waals surface area contributed by atoms with E-state index in [4.69, 9.17) is 4.74 Å². The predicted molar refractivity (Wildman–Crippen MR) is 68.3 cm³/mol. The first kappa shape index (κ1) is 16.4. The molecule has 0 spiro atoms. The largest absolute Gasteiger partial charge is 0.451 e. The molecule has 1 N–H and O–H groups in total. The minimum absolute atomic E-state index is 0.329. The zero-order valence-electron chi connectivity index (χ0n) is 11.7. The van der Waals surface area contributed by atoms with Crippen molar-refractivity contribution in [3.8, 4) is 0 Å². The van der Waals surface area contributed by atoms with Gasteiger partial charge in [-0.05, 0) is 29.5 Å². The van der Waals surface area contributed by atoms with Crippen LogP contribution in [0.2, 0.25) is 0 Å². The Morgan fingerprint density at radius 2 is 2.04 bits per heavy atom. The summed E-state index contributed by atoms with van der Waals surface area (Å²) in [6.07, 6.45) is -0.130. The highest BCUT2D eigenvalue weighted by Crippen LogP contribution is 2.19. The van der Waals surface area contributed by atoms with Crippen LogP contribution in [0.4, 0.5) is 18.9 Å². The molecule has 0 fully saturated rings. The van der Waals surface area contributed by atoms with Crippen LogP contribution in [-0.2, 0) is 20.9 Å². The number of ether oxygens (including phenoxy) is 1. The quantitative estimate of drug-likeness (QED) is 0.639. The molecule has 2 rings (SSSR count). The number of esters is 1. The number of carbonyl (C=O) groups excluding carboxylic acids is 2. The molecule has 0 aliphatic rings. The van der Waals surface area contributed by atoms with Crippen LogP contribution in [0.1, 0.15) is 6.92 Å². The molecule has 1 aromatic carbocycles. The van der Waals surface area contributed by atoms with E-state index in [1.165, 1.54) is 13.3 Å². The molecule has 8 nitrogen and oxygen atoms in total.